The fraction of sp³-hybridized carbons (Fsp3) is 0.611. The first-order chi connectivity index (χ1) is 10.9. The van der Waals surface area contributed by atoms with Crippen molar-refractivity contribution in [3.05, 3.63) is 40.7 Å². The average Bonchev–Trinajstić information content (AvgIpc) is 3.05. The van der Waals surface area contributed by atoms with E-state index in [0.29, 0.717) is 6.04 Å². The molecule has 1 aliphatic rings. The van der Waals surface area contributed by atoms with Crippen molar-refractivity contribution >= 4 is 0 Å². The lowest BCUT2D eigenvalue weighted by Crippen LogP contribution is -2.24. The highest BCUT2D eigenvalue weighted by atomic mass is 15.2. The Hall–Kier alpha value is -1.75. The number of nitrogens with zero attached hydrogens (tertiary/aromatic N) is 4. The molecule has 1 aliphatic heterocycles. The van der Waals surface area contributed by atoms with Crippen LogP contribution >= 0.6 is 0 Å². The highest BCUT2D eigenvalue weighted by Gasteiger charge is 2.29. The van der Waals surface area contributed by atoms with Crippen LogP contribution in [0.25, 0.3) is 0 Å². The van der Waals surface area contributed by atoms with Gasteiger partial charge < -0.3 is 0 Å². The summed E-state index contributed by atoms with van der Waals surface area (Å²) in [6, 6.07) is 0.455. The highest BCUT2D eigenvalue weighted by Crippen LogP contribution is 2.35. The summed E-state index contributed by atoms with van der Waals surface area (Å²) in [5.74, 6) is 0.903. The SMILES string of the molecule is Cc1n[nH]c(C)c1C1CCCN1Cc1cnc(C(C)(C)C)nc1. The van der Waals surface area contributed by atoms with E-state index in [4.69, 9.17) is 0 Å². The molecule has 0 saturated carbocycles. The van der Waals surface area contributed by atoms with Crippen molar-refractivity contribution in [1.29, 1.82) is 0 Å². The highest BCUT2D eigenvalue weighted by molar-refractivity contribution is 5.28. The molecular formula is C18H27N5. The summed E-state index contributed by atoms with van der Waals surface area (Å²) in [4.78, 5) is 11.6. The fourth-order valence-electron chi connectivity index (χ4n) is 3.45. The molecule has 0 spiro atoms. The third-order valence-corrected chi connectivity index (χ3v) is 4.64. The molecule has 124 valence electrons. The van der Waals surface area contributed by atoms with Crippen LogP contribution in [0.15, 0.2) is 12.4 Å². The van der Waals surface area contributed by atoms with E-state index in [-0.39, 0.29) is 5.41 Å². The van der Waals surface area contributed by atoms with E-state index >= 15 is 0 Å². The molecular weight excluding hydrogens is 286 g/mol. The Bertz CT molecular complexity index is 646. The molecule has 23 heavy (non-hydrogen) atoms. The fourth-order valence-corrected chi connectivity index (χ4v) is 3.45. The van der Waals surface area contributed by atoms with E-state index in [1.807, 2.05) is 12.4 Å². The molecule has 5 heteroatoms. The third kappa shape index (κ3) is 3.29. The number of hydrogen-bond acceptors (Lipinski definition) is 4. The maximum Gasteiger partial charge on any atom is 0.133 e. The second-order valence-electron chi connectivity index (χ2n) is 7.64. The lowest BCUT2D eigenvalue weighted by Gasteiger charge is -2.25. The molecule has 2 aromatic heterocycles. The van der Waals surface area contributed by atoms with Crippen LogP contribution in [-0.4, -0.2) is 31.6 Å². The van der Waals surface area contributed by atoms with E-state index in [9.17, 15) is 0 Å². The van der Waals surface area contributed by atoms with Gasteiger partial charge in [0.05, 0.1) is 5.69 Å². The number of hydrogen-bond donors (Lipinski definition) is 1. The summed E-state index contributed by atoms with van der Waals surface area (Å²) in [5.41, 5.74) is 4.87. The van der Waals surface area contributed by atoms with Gasteiger partial charge in [-0.15, -0.1) is 0 Å². The van der Waals surface area contributed by atoms with Crippen LogP contribution in [0.4, 0.5) is 0 Å². The molecule has 2 aromatic rings. The smallest absolute Gasteiger partial charge is 0.133 e. The van der Waals surface area contributed by atoms with E-state index in [0.717, 1.165) is 24.6 Å². The molecule has 0 aliphatic carbocycles. The number of aryl methyl sites for hydroxylation is 2. The molecule has 0 bridgehead atoms. The topological polar surface area (TPSA) is 57.7 Å². The lowest BCUT2D eigenvalue weighted by atomic mass is 9.96. The molecule has 1 saturated heterocycles. The quantitative estimate of drug-likeness (QED) is 0.943. The van der Waals surface area contributed by atoms with E-state index in [1.165, 1.54) is 29.7 Å². The van der Waals surface area contributed by atoms with Crippen LogP contribution in [0.5, 0.6) is 0 Å². The van der Waals surface area contributed by atoms with Crippen LogP contribution < -0.4 is 0 Å². The van der Waals surface area contributed by atoms with Crippen LogP contribution in [0.3, 0.4) is 0 Å². The molecule has 3 rings (SSSR count). The van der Waals surface area contributed by atoms with Gasteiger partial charge in [-0.2, -0.15) is 5.10 Å². The summed E-state index contributed by atoms with van der Waals surface area (Å²) in [6.07, 6.45) is 6.40. The van der Waals surface area contributed by atoms with Crippen LogP contribution in [-0.2, 0) is 12.0 Å². The predicted molar refractivity (Wildman–Crippen MR) is 91.2 cm³/mol. The number of likely N-dealkylation sites (tertiary alicyclic amines) is 1. The molecule has 1 N–H and O–H groups in total. The van der Waals surface area contributed by atoms with Gasteiger partial charge in [0.25, 0.3) is 0 Å². The van der Waals surface area contributed by atoms with E-state index < -0.39 is 0 Å². The number of H-pyrrole nitrogens is 1. The summed E-state index contributed by atoms with van der Waals surface area (Å²) < 4.78 is 0. The minimum Gasteiger partial charge on any atom is -0.292 e. The Balaban J connectivity index is 1.77. The van der Waals surface area contributed by atoms with Crippen molar-refractivity contribution in [2.45, 2.75) is 65.5 Å². The molecule has 5 nitrogen and oxygen atoms in total. The molecule has 0 aromatic carbocycles. The van der Waals surface area contributed by atoms with Gasteiger partial charge in [0.15, 0.2) is 0 Å². The first-order valence-corrected chi connectivity index (χ1v) is 8.43. The summed E-state index contributed by atoms with van der Waals surface area (Å²) in [6.45, 7) is 12.7. The van der Waals surface area contributed by atoms with Gasteiger partial charge >= 0.3 is 0 Å². The van der Waals surface area contributed by atoms with Gasteiger partial charge in [-0.05, 0) is 33.2 Å². The Morgan fingerprint density at radius 3 is 2.48 bits per heavy atom. The second kappa shape index (κ2) is 6.04. The standard InChI is InChI=1S/C18H27N5/c1-12-16(13(2)22-21-12)15-7-6-8-23(15)11-14-9-19-17(20-10-14)18(3,4)5/h9-10,15H,6-8,11H2,1-5H3,(H,21,22). The zero-order chi connectivity index (χ0) is 16.6. The first kappa shape index (κ1) is 16.1. The van der Waals surface area contributed by atoms with Gasteiger partial charge in [-0.1, -0.05) is 20.8 Å². The number of aromatic amines is 1. The zero-order valence-electron chi connectivity index (χ0n) is 14.8. The van der Waals surface area contributed by atoms with E-state index in [2.05, 4.69) is 59.7 Å². The van der Waals surface area contributed by atoms with Gasteiger partial charge in [0, 0.05) is 47.2 Å². The Morgan fingerprint density at radius 2 is 1.91 bits per heavy atom. The number of nitrogens with one attached hydrogen (secondary N) is 1. The molecule has 0 radical (unpaired) electrons. The second-order valence-corrected chi connectivity index (χ2v) is 7.64. The van der Waals surface area contributed by atoms with Crippen molar-refractivity contribution in [3.63, 3.8) is 0 Å². The lowest BCUT2D eigenvalue weighted by molar-refractivity contribution is 0.246. The first-order valence-electron chi connectivity index (χ1n) is 8.43. The minimum absolute atomic E-state index is 0.000271. The summed E-state index contributed by atoms with van der Waals surface area (Å²) >= 11 is 0. The normalized spacial score (nSPS) is 19.4. The monoisotopic (exact) mass is 313 g/mol. The molecule has 0 amide bonds. The van der Waals surface area contributed by atoms with Crippen LogP contribution in [0.2, 0.25) is 0 Å². The summed E-state index contributed by atoms with van der Waals surface area (Å²) in [7, 11) is 0. The van der Waals surface area contributed by atoms with Crippen molar-refractivity contribution in [1.82, 2.24) is 25.1 Å². The number of rotatable bonds is 3. The van der Waals surface area contributed by atoms with Crippen LogP contribution in [0.1, 0.15) is 68.0 Å². The Labute approximate surface area is 138 Å². The number of aromatic nitrogens is 4. The zero-order valence-corrected chi connectivity index (χ0v) is 14.8. The van der Waals surface area contributed by atoms with Crippen LogP contribution in [0, 0.1) is 13.8 Å². The maximum atomic E-state index is 4.56. The van der Waals surface area contributed by atoms with E-state index in [1.54, 1.807) is 0 Å². The van der Waals surface area contributed by atoms with Gasteiger partial charge in [0.2, 0.25) is 0 Å². The average molecular weight is 313 g/mol. The van der Waals surface area contributed by atoms with Crippen molar-refractivity contribution in [2.24, 2.45) is 0 Å². The maximum absolute atomic E-state index is 4.56. The predicted octanol–water partition coefficient (Wildman–Crippen LogP) is 3.45. The summed E-state index contributed by atoms with van der Waals surface area (Å²) in [5, 5.41) is 7.49. The molecule has 1 unspecified atom stereocenters. The Kier molecular flexibility index (Phi) is 4.23. The van der Waals surface area contributed by atoms with Gasteiger partial charge in [0.1, 0.15) is 5.82 Å². The van der Waals surface area contributed by atoms with Crippen molar-refractivity contribution in [3.8, 4) is 0 Å². The molecule has 1 fully saturated rings. The molecule has 1 atom stereocenters. The third-order valence-electron chi connectivity index (χ3n) is 4.64. The van der Waals surface area contributed by atoms with Crippen molar-refractivity contribution < 1.29 is 0 Å². The minimum atomic E-state index is -0.000271. The van der Waals surface area contributed by atoms with Gasteiger partial charge in [-0.3, -0.25) is 10.00 Å². The Morgan fingerprint density at radius 1 is 1.22 bits per heavy atom. The molecule has 3 heterocycles. The van der Waals surface area contributed by atoms with Crippen molar-refractivity contribution in [2.75, 3.05) is 6.54 Å². The largest absolute Gasteiger partial charge is 0.292 e. The van der Waals surface area contributed by atoms with Gasteiger partial charge in [-0.25, -0.2) is 9.97 Å².